The van der Waals surface area contributed by atoms with Crippen LogP contribution in [-0.4, -0.2) is 37.1 Å². The van der Waals surface area contributed by atoms with Gasteiger partial charge in [0.25, 0.3) is 0 Å². The molecule has 0 aromatic carbocycles. The SMILES string of the molecule is COC1(CC(O)CC2CCOCC2)CCC1. The van der Waals surface area contributed by atoms with Crippen LogP contribution < -0.4 is 0 Å². The summed E-state index contributed by atoms with van der Waals surface area (Å²) < 4.78 is 10.9. The Morgan fingerprint density at radius 2 is 2.06 bits per heavy atom. The minimum absolute atomic E-state index is 0.00455. The van der Waals surface area contributed by atoms with Crippen molar-refractivity contribution in [3.05, 3.63) is 0 Å². The van der Waals surface area contributed by atoms with Gasteiger partial charge in [-0.15, -0.1) is 0 Å². The van der Waals surface area contributed by atoms with E-state index in [1.54, 1.807) is 7.11 Å². The first kappa shape index (κ1) is 12.3. The van der Waals surface area contributed by atoms with Crippen molar-refractivity contribution in [1.29, 1.82) is 0 Å². The van der Waals surface area contributed by atoms with Crippen LogP contribution >= 0.6 is 0 Å². The lowest BCUT2D eigenvalue weighted by atomic mass is 9.75. The van der Waals surface area contributed by atoms with Crippen molar-refractivity contribution < 1.29 is 14.6 Å². The average Bonchev–Trinajstić information content (AvgIpc) is 2.25. The molecular weight excluding hydrogens is 204 g/mol. The fourth-order valence-corrected chi connectivity index (χ4v) is 2.94. The number of aliphatic hydroxyl groups is 1. The molecule has 1 saturated heterocycles. The van der Waals surface area contributed by atoms with Crippen molar-refractivity contribution in [3.8, 4) is 0 Å². The molecule has 0 radical (unpaired) electrons. The highest BCUT2D eigenvalue weighted by atomic mass is 16.5. The predicted octanol–water partition coefficient (Wildman–Crippen LogP) is 2.12. The van der Waals surface area contributed by atoms with Gasteiger partial charge in [0.05, 0.1) is 11.7 Å². The first-order valence-electron chi connectivity index (χ1n) is 6.55. The third-order valence-electron chi connectivity index (χ3n) is 4.25. The Labute approximate surface area is 98.1 Å². The van der Waals surface area contributed by atoms with Gasteiger partial charge in [-0.25, -0.2) is 0 Å². The number of ether oxygens (including phenoxy) is 2. The fourth-order valence-electron chi connectivity index (χ4n) is 2.94. The molecule has 1 N–H and O–H groups in total. The second-order valence-electron chi connectivity index (χ2n) is 5.39. The Hall–Kier alpha value is -0.120. The summed E-state index contributed by atoms with van der Waals surface area (Å²) >= 11 is 0. The smallest absolute Gasteiger partial charge is 0.0703 e. The fraction of sp³-hybridized carbons (Fsp3) is 1.00. The molecule has 0 aromatic rings. The van der Waals surface area contributed by atoms with Crippen LogP contribution in [-0.2, 0) is 9.47 Å². The van der Waals surface area contributed by atoms with Crippen LogP contribution in [0.2, 0.25) is 0 Å². The molecule has 1 unspecified atom stereocenters. The highest BCUT2D eigenvalue weighted by Crippen LogP contribution is 2.40. The molecule has 2 rings (SSSR count). The summed E-state index contributed by atoms with van der Waals surface area (Å²) in [5.74, 6) is 0.651. The largest absolute Gasteiger partial charge is 0.393 e. The van der Waals surface area contributed by atoms with Gasteiger partial charge < -0.3 is 14.6 Å². The summed E-state index contributed by atoms with van der Waals surface area (Å²) in [6.45, 7) is 1.74. The van der Waals surface area contributed by atoms with Crippen molar-refractivity contribution in [3.63, 3.8) is 0 Å². The van der Waals surface area contributed by atoms with E-state index in [0.717, 1.165) is 51.7 Å². The summed E-state index contributed by atoms with van der Waals surface area (Å²) in [4.78, 5) is 0. The summed E-state index contributed by atoms with van der Waals surface area (Å²) in [5.41, 5.74) is 0.00455. The van der Waals surface area contributed by atoms with E-state index >= 15 is 0 Å². The third-order valence-corrected chi connectivity index (χ3v) is 4.25. The van der Waals surface area contributed by atoms with E-state index in [1.807, 2.05) is 0 Å². The number of rotatable bonds is 5. The zero-order chi connectivity index (χ0) is 11.4. The lowest BCUT2D eigenvalue weighted by Gasteiger charge is -2.42. The topological polar surface area (TPSA) is 38.7 Å². The maximum absolute atomic E-state index is 10.1. The molecular formula is C13H24O3. The molecule has 1 aliphatic carbocycles. The molecule has 1 saturated carbocycles. The minimum Gasteiger partial charge on any atom is -0.393 e. The molecule has 0 aromatic heterocycles. The molecule has 2 fully saturated rings. The molecule has 0 bridgehead atoms. The Bertz CT molecular complexity index is 202. The highest BCUT2D eigenvalue weighted by Gasteiger charge is 2.39. The number of methoxy groups -OCH3 is 1. The van der Waals surface area contributed by atoms with E-state index in [4.69, 9.17) is 9.47 Å². The molecule has 2 aliphatic rings. The number of aliphatic hydroxyl groups excluding tert-OH is 1. The van der Waals surface area contributed by atoms with Crippen LogP contribution in [0.5, 0.6) is 0 Å². The van der Waals surface area contributed by atoms with Crippen LogP contribution in [0.15, 0.2) is 0 Å². The van der Waals surface area contributed by atoms with Gasteiger partial charge in [-0.05, 0) is 44.4 Å². The summed E-state index contributed by atoms with van der Waals surface area (Å²) in [7, 11) is 1.78. The quantitative estimate of drug-likeness (QED) is 0.783. The van der Waals surface area contributed by atoms with E-state index in [-0.39, 0.29) is 11.7 Å². The van der Waals surface area contributed by atoms with Crippen LogP contribution in [0.3, 0.4) is 0 Å². The number of hydrogen-bond donors (Lipinski definition) is 1. The Kier molecular flexibility index (Phi) is 4.22. The molecule has 1 atom stereocenters. The van der Waals surface area contributed by atoms with Crippen LogP contribution in [0, 0.1) is 5.92 Å². The molecule has 3 nitrogen and oxygen atoms in total. The van der Waals surface area contributed by atoms with Gasteiger partial charge >= 0.3 is 0 Å². The summed E-state index contributed by atoms with van der Waals surface area (Å²) in [6, 6.07) is 0. The maximum Gasteiger partial charge on any atom is 0.0703 e. The van der Waals surface area contributed by atoms with Crippen LogP contribution in [0.25, 0.3) is 0 Å². The zero-order valence-corrected chi connectivity index (χ0v) is 10.3. The predicted molar refractivity (Wildman–Crippen MR) is 62.4 cm³/mol. The normalized spacial score (nSPS) is 27.4. The van der Waals surface area contributed by atoms with Crippen molar-refractivity contribution >= 4 is 0 Å². The first-order chi connectivity index (χ1) is 7.74. The van der Waals surface area contributed by atoms with E-state index in [0.29, 0.717) is 5.92 Å². The Morgan fingerprint density at radius 3 is 2.56 bits per heavy atom. The van der Waals surface area contributed by atoms with Gasteiger partial charge in [0.1, 0.15) is 0 Å². The average molecular weight is 228 g/mol. The second kappa shape index (κ2) is 5.48. The highest BCUT2D eigenvalue weighted by molar-refractivity contribution is 4.91. The van der Waals surface area contributed by atoms with Gasteiger partial charge in [-0.3, -0.25) is 0 Å². The first-order valence-corrected chi connectivity index (χ1v) is 6.55. The Morgan fingerprint density at radius 1 is 1.38 bits per heavy atom. The second-order valence-corrected chi connectivity index (χ2v) is 5.39. The molecule has 94 valence electrons. The van der Waals surface area contributed by atoms with Crippen LogP contribution in [0.1, 0.15) is 44.9 Å². The minimum atomic E-state index is -0.191. The molecule has 0 spiro atoms. The maximum atomic E-state index is 10.1. The molecule has 3 heteroatoms. The van der Waals surface area contributed by atoms with Crippen molar-refractivity contribution in [2.24, 2.45) is 5.92 Å². The molecule has 0 amide bonds. The van der Waals surface area contributed by atoms with Gasteiger partial charge in [0.2, 0.25) is 0 Å². The van der Waals surface area contributed by atoms with E-state index < -0.39 is 0 Å². The van der Waals surface area contributed by atoms with Crippen LogP contribution in [0.4, 0.5) is 0 Å². The standard InChI is InChI=1S/C13H24O3/c1-15-13(5-2-6-13)10-12(14)9-11-3-7-16-8-4-11/h11-12,14H,2-10H2,1H3. The molecule has 1 aliphatic heterocycles. The lowest BCUT2D eigenvalue weighted by Crippen LogP contribution is -2.42. The van der Waals surface area contributed by atoms with Gasteiger partial charge in [0, 0.05) is 26.7 Å². The van der Waals surface area contributed by atoms with E-state index in [9.17, 15) is 5.11 Å². The summed E-state index contributed by atoms with van der Waals surface area (Å²) in [5, 5.41) is 10.1. The monoisotopic (exact) mass is 228 g/mol. The summed E-state index contributed by atoms with van der Waals surface area (Å²) in [6.07, 6.45) is 7.26. The van der Waals surface area contributed by atoms with Crippen molar-refractivity contribution in [1.82, 2.24) is 0 Å². The van der Waals surface area contributed by atoms with Gasteiger partial charge in [-0.2, -0.15) is 0 Å². The van der Waals surface area contributed by atoms with Crippen molar-refractivity contribution in [2.75, 3.05) is 20.3 Å². The van der Waals surface area contributed by atoms with E-state index in [1.165, 1.54) is 6.42 Å². The molecule has 1 heterocycles. The van der Waals surface area contributed by atoms with Gasteiger partial charge in [-0.1, -0.05) is 0 Å². The van der Waals surface area contributed by atoms with Crippen molar-refractivity contribution in [2.45, 2.75) is 56.7 Å². The molecule has 16 heavy (non-hydrogen) atoms. The van der Waals surface area contributed by atoms with Gasteiger partial charge in [0.15, 0.2) is 0 Å². The number of hydrogen-bond acceptors (Lipinski definition) is 3. The lowest BCUT2D eigenvalue weighted by molar-refractivity contribution is -0.103. The third kappa shape index (κ3) is 2.96. The Balaban J connectivity index is 1.72. The van der Waals surface area contributed by atoms with E-state index in [2.05, 4.69) is 0 Å². The zero-order valence-electron chi connectivity index (χ0n) is 10.3.